The molecule has 1 aromatic rings. The van der Waals surface area contributed by atoms with Crippen LogP contribution in [0.3, 0.4) is 0 Å². The Balaban J connectivity index is 2.16. The molecule has 0 bridgehead atoms. The zero-order chi connectivity index (χ0) is 13.4. The largest absolute Gasteiger partial charge is 0.465 e. The second kappa shape index (κ2) is 7.61. The van der Waals surface area contributed by atoms with Crippen LogP contribution >= 0.6 is 0 Å². The Morgan fingerprint density at radius 3 is 2.50 bits per heavy atom. The van der Waals surface area contributed by atoms with Crippen molar-refractivity contribution in [3.05, 3.63) is 35.9 Å². The molecular weight excluding hydrogens is 232 g/mol. The Hall–Kier alpha value is -1.68. The second-order valence-electron chi connectivity index (χ2n) is 4.10. The molecule has 0 spiro atoms. The van der Waals surface area contributed by atoms with E-state index < -0.39 is 12.1 Å². The van der Waals surface area contributed by atoms with E-state index in [2.05, 4.69) is 0 Å². The van der Waals surface area contributed by atoms with E-state index in [1.807, 2.05) is 30.3 Å². The number of ether oxygens (including phenoxy) is 1. The smallest absolute Gasteiger partial charge is 0.306 e. The maximum atomic E-state index is 11.3. The maximum Gasteiger partial charge on any atom is 0.306 e. The maximum absolute atomic E-state index is 11.3. The number of ketones is 1. The predicted octanol–water partition coefficient (Wildman–Crippen LogP) is 1.50. The van der Waals surface area contributed by atoms with Gasteiger partial charge in [-0.05, 0) is 12.5 Å². The minimum absolute atomic E-state index is 0.0263. The van der Waals surface area contributed by atoms with Crippen molar-refractivity contribution in [3.63, 3.8) is 0 Å². The molecule has 0 saturated heterocycles. The fraction of sp³-hybridized carbons (Fsp3) is 0.429. The molecule has 0 aliphatic heterocycles. The van der Waals surface area contributed by atoms with Crippen LogP contribution in [0.5, 0.6) is 0 Å². The number of carbonyl (C=O) groups excluding carboxylic acids is 2. The monoisotopic (exact) mass is 250 g/mol. The highest BCUT2D eigenvalue weighted by molar-refractivity contribution is 5.85. The third kappa shape index (κ3) is 5.59. The molecule has 0 amide bonds. The molecule has 4 nitrogen and oxygen atoms in total. The lowest BCUT2D eigenvalue weighted by Crippen LogP contribution is -2.18. The molecule has 0 aromatic heterocycles. The number of Topliss-reactive ketones (excluding diaryl/α,β-unsaturated/α-hetero) is 1. The van der Waals surface area contributed by atoms with Crippen LogP contribution in [0.1, 0.15) is 25.3 Å². The van der Waals surface area contributed by atoms with Crippen molar-refractivity contribution in [1.82, 2.24) is 0 Å². The number of carbonyl (C=O) groups is 2. The fourth-order valence-corrected chi connectivity index (χ4v) is 1.43. The summed E-state index contributed by atoms with van der Waals surface area (Å²) >= 11 is 0. The predicted molar refractivity (Wildman–Crippen MR) is 67.0 cm³/mol. The van der Waals surface area contributed by atoms with E-state index in [-0.39, 0.29) is 18.6 Å². The number of hydrogen-bond acceptors (Lipinski definition) is 4. The van der Waals surface area contributed by atoms with E-state index in [1.54, 1.807) is 0 Å². The molecule has 0 aliphatic carbocycles. The number of esters is 1. The molecule has 18 heavy (non-hydrogen) atoms. The van der Waals surface area contributed by atoms with Gasteiger partial charge in [0.2, 0.25) is 0 Å². The van der Waals surface area contributed by atoms with Gasteiger partial charge in [0.15, 0.2) is 5.78 Å². The molecule has 0 aliphatic rings. The average molecular weight is 250 g/mol. The molecule has 0 saturated carbocycles. The molecule has 0 unspecified atom stereocenters. The van der Waals surface area contributed by atoms with Crippen LogP contribution in [0.4, 0.5) is 0 Å². The first-order valence-corrected chi connectivity index (χ1v) is 6.00. The molecule has 1 rings (SSSR count). The second-order valence-corrected chi connectivity index (χ2v) is 4.10. The number of hydrogen-bond donors (Lipinski definition) is 1. The number of aliphatic hydroxyl groups is 1. The van der Waals surface area contributed by atoms with Crippen LogP contribution in [-0.4, -0.2) is 29.6 Å². The molecular formula is C14H18O4. The van der Waals surface area contributed by atoms with Crippen LogP contribution in [0.25, 0.3) is 0 Å². The van der Waals surface area contributed by atoms with E-state index in [9.17, 15) is 9.59 Å². The molecule has 0 fully saturated rings. The Morgan fingerprint density at radius 2 is 1.89 bits per heavy atom. The van der Waals surface area contributed by atoms with Gasteiger partial charge in [0.05, 0.1) is 13.0 Å². The highest BCUT2D eigenvalue weighted by atomic mass is 16.5. The van der Waals surface area contributed by atoms with E-state index in [0.717, 1.165) is 5.56 Å². The van der Waals surface area contributed by atoms with Crippen molar-refractivity contribution >= 4 is 11.8 Å². The summed E-state index contributed by atoms with van der Waals surface area (Å²) < 4.78 is 5.00. The lowest BCUT2D eigenvalue weighted by Gasteiger charge is -2.05. The topological polar surface area (TPSA) is 63.6 Å². The first kappa shape index (κ1) is 14.4. The number of rotatable bonds is 7. The van der Waals surface area contributed by atoms with E-state index in [4.69, 9.17) is 9.84 Å². The zero-order valence-electron chi connectivity index (χ0n) is 10.5. The summed E-state index contributed by atoms with van der Waals surface area (Å²) in [4.78, 5) is 22.4. The van der Waals surface area contributed by atoms with Gasteiger partial charge in [-0.3, -0.25) is 9.59 Å². The fourth-order valence-electron chi connectivity index (χ4n) is 1.43. The first-order chi connectivity index (χ1) is 8.59. The molecule has 4 heteroatoms. The summed E-state index contributed by atoms with van der Waals surface area (Å²) in [6, 6.07) is 9.71. The van der Waals surface area contributed by atoms with E-state index >= 15 is 0 Å². The molecule has 98 valence electrons. The minimum atomic E-state index is -1.01. The molecule has 1 N–H and O–H groups in total. The van der Waals surface area contributed by atoms with Gasteiger partial charge in [-0.25, -0.2) is 0 Å². The highest BCUT2D eigenvalue weighted by Crippen LogP contribution is 2.02. The highest BCUT2D eigenvalue weighted by Gasteiger charge is 2.12. The normalized spacial score (nSPS) is 11.9. The van der Waals surface area contributed by atoms with Gasteiger partial charge in [-0.2, -0.15) is 0 Å². The standard InChI is InChI=1S/C14H18O4/c1-11(15)13(16)7-8-14(17)18-10-9-12-5-3-2-4-6-12/h2-6,11,15H,7-10H2,1H3/t11-/m0/s1. The summed E-state index contributed by atoms with van der Waals surface area (Å²) in [5.41, 5.74) is 1.10. The summed E-state index contributed by atoms with van der Waals surface area (Å²) in [6.07, 6.45) is -0.292. The summed E-state index contributed by atoms with van der Waals surface area (Å²) in [5, 5.41) is 8.96. The zero-order valence-corrected chi connectivity index (χ0v) is 10.5. The van der Waals surface area contributed by atoms with Crippen LogP contribution in [0.15, 0.2) is 30.3 Å². The summed E-state index contributed by atoms with van der Waals surface area (Å²) in [6.45, 7) is 1.70. The van der Waals surface area contributed by atoms with Crippen LogP contribution in [0, 0.1) is 0 Å². The quantitative estimate of drug-likeness (QED) is 0.745. The lowest BCUT2D eigenvalue weighted by molar-refractivity contribution is -0.145. The van der Waals surface area contributed by atoms with Gasteiger partial charge in [-0.1, -0.05) is 30.3 Å². The average Bonchev–Trinajstić information content (AvgIpc) is 2.37. The molecule has 0 radical (unpaired) electrons. The van der Waals surface area contributed by atoms with E-state index in [0.29, 0.717) is 13.0 Å². The lowest BCUT2D eigenvalue weighted by atomic mass is 10.1. The Kier molecular flexibility index (Phi) is 6.08. The van der Waals surface area contributed by atoms with Crippen LogP contribution < -0.4 is 0 Å². The van der Waals surface area contributed by atoms with Crippen molar-refractivity contribution in [2.75, 3.05) is 6.61 Å². The van der Waals surface area contributed by atoms with Gasteiger partial charge in [0, 0.05) is 12.8 Å². The molecule has 1 aromatic carbocycles. The third-order valence-electron chi connectivity index (χ3n) is 2.54. The minimum Gasteiger partial charge on any atom is -0.465 e. The molecule has 0 heterocycles. The van der Waals surface area contributed by atoms with Crippen molar-refractivity contribution in [2.45, 2.75) is 32.3 Å². The number of aliphatic hydroxyl groups excluding tert-OH is 1. The third-order valence-corrected chi connectivity index (χ3v) is 2.54. The van der Waals surface area contributed by atoms with E-state index in [1.165, 1.54) is 6.92 Å². The van der Waals surface area contributed by atoms with Crippen molar-refractivity contribution in [2.24, 2.45) is 0 Å². The van der Waals surface area contributed by atoms with Gasteiger partial charge in [0.1, 0.15) is 6.10 Å². The Morgan fingerprint density at radius 1 is 1.22 bits per heavy atom. The van der Waals surface area contributed by atoms with Crippen molar-refractivity contribution in [3.8, 4) is 0 Å². The summed E-state index contributed by atoms with van der Waals surface area (Å²) in [5.74, 6) is -0.741. The van der Waals surface area contributed by atoms with Crippen molar-refractivity contribution < 1.29 is 19.4 Å². The number of benzene rings is 1. The summed E-state index contributed by atoms with van der Waals surface area (Å²) in [7, 11) is 0. The Labute approximate surface area is 107 Å². The van der Waals surface area contributed by atoms with Crippen LogP contribution in [-0.2, 0) is 20.7 Å². The van der Waals surface area contributed by atoms with Crippen LogP contribution in [0.2, 0.25) is 0 Å². The molecule has 1 atom stereocenters. The van der Waals surface area contributed by atoms with Gasteiger partial charge in [-0.15, -0.1) is 0 Å². The van der Waals surface area contributed by atoms with Gasteiger partial charge >= 0.3 is 5.97 Å². The SMILES string of the molecule is C[C@H](O)C(=O)CCC(=O)OCCc1ccccc1. The van der Waals surface area contributed by atoms with Crippen molar-refractivity contribution in [1.29, 1.82) is 0 Å². The first-order valence-electron chi connectivity index (χ1n) is 6.00. The van der Waals surface area contributed by atoms with Gasteiger partial charge in [0.25, 0.3) is 0 Å². The van der Waals surface area contributed by atoms with Gasteiger partial charge < -0.3 is 9.84 Å². The Bertz CT molecular complexity index is 384.